The van der Waals surface area contributed by atoms with Crippen molar-refractivity contribution in [2.24, 2.45) is 12.8 Å². The Labute approximate surface area is 175 Å². The van der Waals surface area contributed by atoms with E-state index in [0.717, 1.165) is 11.1 Å². The van der Waals surface area contributed by atoms with Crippen LogP contribution in [0.15, 0.2) is 41.3 Å². The number of nitriles is 1. The van der Waals surface area contributed by atoms with Crippen LogP contribution in [0.1, 0.15) is 11.3 Å². The van der Waals surface area contributed by atoms with Gasteiger partial charge in [0.25, 0.3) is 5.56 Å². The molecule has 4 aromatic rings. The number of H-pyrrole nitrogens is 1. The van der Waals surface area contributed by atoms with Crippen LogP contribution in [0.5, 0.6) is 0 Å². The minimum Gasteiger partial charge on any atom is -0.325 e. The number of fused-ring (bicyclic) bond motifs is 1. The highest BCUT2D eigenvalue weighted by atomic mass is 35.5. The molecule has 0 aliphatic heterocycles. The molecule has 2 aromatic heterocycles. The first-order valence-electron chi connectivity index (χ1n) is 8.58. The molecule has 3 N–H and O–H groups in total. The first kappa shape index (κ1) is 19.2. The molecule has 0 unspecified atom stereocenters. The minimum absolute atomic E-state index is 0.139. The number of hydrogen-bond acceptors (Lipinski definition) is 5. The standard InChI is InChI=1S/C20H14Cl2N6O/c1-28-19(11-3-2-4-15(21)13(11)7-23)14(9-25-28)10-5-12-17(8-24)26-27-20(29)18(12)16(22)6-10/h2-6,9H,8,24H2,1H3,(H,27,29). The average Bonchev–Trinajstić information content (AvgIpc) is 3.09. The van der Waals surface area contributed by atoms with E-state index in [-0.39, 0.29) is 17.1 Å². The molecular formula is C20H14Cl2N6O. The third-order valence-corrected chi connectivity index (χ3v) is 5.36. The summed E-state index contributed by atoms with van der Waals surface area (Å²) in [5, 5.41) is 21.9. The Morgan fingerprint density at radius 1 is 1.24 bits per heavy atom. The van der Waals surface area contributed by atoms with E-state index in [2.05, 4.69) is 21.4 Å². The van der Waals surface area contributed by atoms with E-state index in [9.17, 15) is 10.1 Å². The van der Waals surface area contributed by atoms with Crippen LogP contribution >= 0.6 is 23.2 Å². The number of benzene rings is 2. The molecule has 9 heteroatoms. The Kier molecular flexibility index (Phi) is 4.84. The number of aromatic nitrogens is 4. The second-order valence-electron chi connectivity index (χ2n) is 6.39. The van der Waals surface area contributed by atoms with Gasteiger partial charge in [0.2, 0.25) is 0 Å². The maximum Gasteiger partial charge on any atom is 0.273 e. The Bertz CT molecular complexity index is 1370. The van der Waals surface area contributed by atoms with Crippen LogP contribution < -0.4 is 11.3 Å². The largest absolute Gasteiger partial charge is 0.325 e. The highest BCUT2D eigenvalue weighted by Gasteiger charge is 2.20. The predicted octanol–water partition coefficient (Wildman–Crippen LogP) is 3.63. The van der Waals surface area contributed by atoms with Crippen molar-refractivity contribution in [1.82, 2.24) is 20.0 Å². The third kappa shape index (κ3) is 3.08. The maximum atomic E-state index is 12.2. The van der Waals surface area contributed by atoms with Gasteiger partial charge in [-0.05, 0) is 23.8 Å². The highest BCUT2D eigenvalue weighted by Crippen LogP contribution is 2.38. The second-order valence-corrected chi connectivity index (χ2v) is 7.20. The maximum absolute atomic E-state index is 12.2. The summed E-state index contributed by atoms with van der Waals surface area (Å²) in [4.78, 5) is 12.2. The molecule has 29 heavy (non-hydrogen) atoms. The summed E-state index contributed by atoms with van der Waals surface area (Å²) in [6, 6.07) is 10.9. The van der Waals surface area contributed by atoms with Crippen molar-refractivity contribution in [2.75, 3.05) is 0 Å². The molecule has 0 atom stereocenters. The molecule has 0 spiro atoms. The van der Waals surface area contributed by atoms with Crippen molar-refractivity contribution in [1.29, 1.82) is 5.26 Å². The number of nitrogens with zero attached hydrogens (tertiary/aromatic N) is 4. The Morgan fingerprint density at radius 3 is 2.76 bits per heavy atom. The quantitative estimate of drug-likeness (QED) is 0.521. The van der Waals surface area contributed by atoms with Gasteiger partial charge in [0, 0.05) is 30.1 Å². The summed E-state index contributed by atoms with van der Waals surface area (Å²) < 4.78 is 1.67. The molecule has 0 saturated heterocycles. The van der Waals surface area contributed by atoms with E-state index in [0.29, 0.717) is 38.3 Å². The van der Waals surface area contributed by atoms with E-state index >= 15 is 0 Å². The van der Waals surface area contributed by atoms with E-state index in [1.54, 1.807) is 36.1 Å². The molecule has 0 amide bonds. The van der Waals surface area contributed by atoms with Crippen molar-refractivity contribution >= 4 is 34.0 Å². The molecule has 0 aliphatic rings. The van der Waals surface area contributed by atoms with E-state index in [1.807, 2.05) is 12.1 Å². The number of aromatic amines is 1. The Balaban J connectivity index is 2.04. The fraction of sp³-hybridized carbons (Fsp3) is 0.100. The smallest absolute Gasteiger partial charge is 0.273 e. The molecular weight excluding hydrogens is 411 g/mol. The molecule has 2 heterocycles. The van der Waals surface area contributed by atoms with Crippen LogP contribution in [0.4, 0.5) is 0 Å². The number of nitrogens with two attached hydrogens (primary N) is 1. The summed E-state index contributed by atoms with van der Waals surface area (Å²) in [5.41, 5.74) is 9.08. The van der Waals surface area contributed by atoms with Crippen molar-refractivity contribution < 1.29 is 0 Å². The monoisotopic (exact) mass is 424 g/mol. The summed E-state index contributed by atoms with van der Waals surface area (Å²) in [6.45, 7) is 0.139. The lowest BCUT2D eigenvalue weighted by molar-refractivity contribution is 0.776. The van der Waals surface area contributed by atoms with Gasteiger partial charge in [-0.3, -0.25) is 9.48 Å². The molecule has 0 fully saturated rings. The predicted molar refractivity (Wildman–Crippen MR) is 113 cm³/mol. The van der Waals surface area contributed by atoms with Gasteiger partial charge >= 0.3 is 0 Å². The molecule has 0 bridgehead atoms. The average molecular weight is 425 g/mol. The van der Waals surface area contributed by atoms with Crippen LogP contribution in [0, 0.1) is 11.3 Å². The zero-order chi connectivity index (χ0) is 20.7. The van der Waals surface area contributed by atoms with Gasteiger partial charge in [-0.15, -0.1) is 0 Å². The summed E-state index contributed by atoms with van der Waals surface area (Å²) in [7, 11) is 1.78. The number of halogens is 2. The van der Waals surface area contributed by atoms with E-state index in [4.69, 9.17) is 28.9 Å². The van der Waals surface area contributed by atoms with Gasteiger partial charge in [0.1, 0.15) is 6.07 Å². The first-order valence-corrected chi connectivity index (χ1v) is 9.34. The topological polar surface area (TPSA) is 113 Å². The highest BCUT2D eigenvalue weighted by molar-refractivity contribution is 6.36. The zero-order valence-corrected chi connectivity index (χ0v) is 16.7. The second kappa shape index (κ2) is 7.33. The van der Waals surface area contributed by atoms with Crippen LogP contribution in [0.25, 0.3) is 33.2 Å². The lowest BCUT2D eigenvalue weighted by atomic mass is 9.96. The van der Waals surface area contributed by atoms with Crippen molar-refractivity contribution in [3.63, 3.8) is 0 Å². The normalized spacial score (nSPS) is 11.0. The SMILES string of the molecule is Cn1ncc(-c2cc(Cl)c3c(=O)[nH]nc(CN)c3c2)c1-c1cccc(Cl)c1C#N. The van der Waals surface area contributed by atoms with Crippen molar-refractivity contribution in [3.8, 4) is 28.5 Å². The number of nitrogens with one attached hydrogen (secondary N) is 1. The van der Waals surface area contributed by atoms with Gasteiger partial charge in [0.15, 0.2) is 0 Å². The number of aryl methyl sites for hydroxylation is 1. The molecule has 2 aromatic carbocycles. The fourth-order valence-electron chi connectivity index (χ4n) is 3.41. The fourth-order valence-corrected chi connectivity index (χ4v) is 3.94. The molecule has 144 valence electrons. The number of rotatable bonds is 3. The molecule has 0 aliphatic carbocycles. The van der Waals surface area contributed by atoms with Gasteiger partial charge in [0.05, 0.1) is 38.6 Å². The van der Waals surface area contributed by atoms with Crippen LogP contribution in [-0.2, 0) is 13.6 Å². The molecule has 0 saturated carbocycles. The summed E-state index contributed by atoms with van der Waals surface area (Å²) >= 11 is 12.7. The van der Waals surface area contributed by atoms with Crippen LogP contribution in [0.3, 0.4) is 0 Å². The lowest BCUT2D eigenvalue weighted by Crippen LogP contribution is -2.13. The minimum atomic E-state index is -0.387. The molecule has 4 rings (SSSR count). The van der Waals surface area contributed by atoms with Gasteiger partial charge in [-0.1, -0.05) is 35.3 Å². The van der Waals surface area contributed by atoms with Crippen molar-refractivity contribution in [2.45, 2.75) is 6.54 Å². The lowest BCUT2D eigenvalue weighted by Gasteiger charge is -2.11. The molecule has 0 radical (unpaired) electrons. The van der Waals surface area contributed by atoms with Gasteiger partial charge in [-0.25, -0.2) is 5.10 Å². The number of hydrogen-bond donors (Lipinski definition) is 2. The van der Waals surface area contributed by atoms with Crippen LogP contribution in [0.2, 0.25) is 10.0 Å². The Morgan fingerprint density at radius 2 is 2.03 bits per heavy atom. The summed E-state index contributed by atoms with van der Waals surface area (Å²) in [5.74, 6) is 0. The third-order valence-electron chi connectivity index (χ3n) is 4.74. The van der Waals surface area contributed by atoms with E-state index < -0.39 is 0 Å². The van der Waals surface area contributed by atoms with Crippen LogP contribution in [-0.4, -0.2) is 20.0 Å². The zero-order valence-electron chi connectivity index (χ0n) is 15.2. The van der Waals surface area contributed by atoms with Gasteiger partial charge in [-0.2, -0.15) is 15.5 Å². The van der Waals surface area contributed by atoms with Crippen molar-refractivity contribution in [3.05, 3.63) is 68.2 Å². The molecule has 7 nitrogen and oxygen atoms in total. The van der Waals surface area contributed by atoms with Gasteiger partial charge < -0.3 is 5.73 Å². The first-order chi connectivity index (χ1) is 14.0. The Hall–Kier alpha value is -3.18. The summed E-state index contributed by atoms with van der Waals surface area (Å²) in [6.07, 6.45) is 1.68. The van der Waals surface area contributed by atoms with E-state index in [1.165, 1.54) is 0 Å².